The third kappa shape index (κ3) is 6.43. The number of hydrogen-bond donors (Lipinski definition) is 3. The van der Waals surface area contributed by atoms with E-state index in [0.29, 0.717) is 12.2 Å². The van der Waals surface area contributed by atoms with Crippen LogP contribution in [0.4, 0.5) is 13.2 Å². The van der Waals surface area contributed by atoms with E-state index in [4.69, 9.17) is 5.73 Å². The molecule has 0 bridgehead atoms. The van der Waals surface area contributed by atoms with Crippen molar-refractivity contribution in [3.63, 3.8) is 0 Å². The van der Waals surface area contributed by atoms with Crippen LogP contribution in [-0.2, 0) is 6.42 Å². The van der Waals surface area contributed by atoms with Gasteiger partial charge in [-0.2, -0.15) is 13.2 Å². The molecule has 4 N–H and O–H groups in total. The van der Waals surface area contributed by atoms with Gasteiger partial charge in [-0.3, -0.25) is 0 Å². The van der Waals surface area contributed by atoms with E-state index in [1.54, 1.807) is 11.3 Å². The molecule has 0 spiro atoms. The first kappa shape index (κ1) is 21.6. The lowest BCUT2D eigenvalue weighted by Crippen LogP contribution is -2.39. The molecule has 0 aromatic carbocycles. The van der Waals surface area contributed by atoms with Gasteiger partial charge in [-0.1, -0.05) is 32.3 Å². The van der Waals surface area contributed by atoms with Crippen molar-refractivity contribution >= 4 is 16.9 Å². The summed E-state index contributed by atoms with van der Waals surface area (Å²) in [5.74, 6) is 0. The molecule has 27 heavy (non-hydrogen) atoms. The molecule has 2 rings (SSSR count). The SMILES string of the molecule is CCCCCCc1ccc(C2=CCNC(/C(N)=C/C(NC)C(F)(F)F)=C2)s1. The van der Waals surface area contributed by atoms with Crippen LogP contribution in [0.15, 0.2) is 41.8 Å². The van der Waals surface area contributed by atoms with Crippen LogP contribution in [0.1, 0.15) is 42.4 Å². The molecular weight excluding hydrogens is 371 g/mol. The van der Waals surface area contributed by atoms with E-state index in [-0.39, 0.29) is 5.70 Å². The molecule has 2 heterocycles. The Morgan fingerprint density at radius 1 is 1.33 bits per heavy atom. The van der Waals surface area contributed by atoms with E-state index in [1.165, 1.54) is 37.6 Å². The standard InChI is InChI=1S/C20H28F3N3S/c1-3-4-5-6-7-15-8-9-18(27-15)14-10-11-26-17(12-14)16(24)13-19(25-2)20(21,22)23/h8-10,12-13,19,25-26H,3-7,11,24H2,1-2H3/b16-13-. The molecule has 1 aromatic heterocycles. The molecule has 3 nitrogen and oxygen atoms in total. The molecule has 150 valence electrons. The Hall–Kier alpha value is -1.73. The van der Waals surface area contributed by atoms with Crippen LogP contribution in [-0.4, -0.2) is 25.8 Å². The Morgan fingerprint density at radius 2 is 2.11 bits per heavy atom. The van der Waals surface area contributed by atoms with Crippen LogP contribution in [0.3, 0.4) is 0 Å². The van der Waals surface area contributed by atoms with Gasteiger partial charge in [-0.05, 0) is 49.7 Å². The minimum absolute atomic E-state index is 0.0913. The molecule has 1 unspecified atom stereocenters. The van der Waals surface area contributed by atoms with E-state index >= 15 is 0 Å². The molecule has 1 aliphatic rings. The lowest BCUT2D eigenvalue weighted by atomic mass is 10.1. The van der Waals surface area contributed by atoms with Crippen molar-refractivity contribution in [3.8, 4) is 0 Å². The van der Waals surface area contributed by atoms with Gasteiger partial charge in [0.05, 0.1) is 11.4 Å². The van der Waals surface area contributed by atoms with Gasteiger partial charge in [0.15, 0.2) is 0 Å². The Labute approximate surface area is 163 Å². The Kier molecular flexibility index (Phi) is 7.98. The third-order valence-electron chi connectivity index (χ3n) is 4.46. The van der Waals surface area contributed by atoms with E-state index in [0.717, 1.165) is 22.9 Å². The summed E-state index contributed by atoms with van der Waals surface area (Å²) < 4.78 is 38.8. The highest BCUT2D eigenvalue weighted by Crippen LogP contribution is 2.29. The van der Waals surface area contributed by atoms with Crippen LogP contribution in [0.2, 0.25) is 0 Å². The maximum Gasteiger partial charge on any atom is 0.407 e. The largest absolute Gasteiger partial charge is 0.407 e. The van der Waals surface area contributed by atoms with Crippen molar-refractivity contribution in [1.29, 1.82) is 0 Å². The zero-order valence-electron chi connectivity index (χ0n) is 15.8. The summed E-state index contributed by atoms with van der Waals surface area (Å²) >= 11 is 1.74. The zero-order chi connectivity index (χ0) is 19.9. The molecule has 1 aromatic rings. The molecule has 0 saturated carbocycles. The second-order valence-corrected chi connectivity index (χ2v) is 7.77. The number of likely N-dealkylation sites (N-methyl/N-ethyl adjacent to an activating group) is 1. The highest BCUT2D eigenvalue weighted by molar-refractivity contribution is 7.13. The maximum absolute atomic E-state index is 12.9. The maximum atomic E-state index is 12.9. The fourth-order valence-corrected chi connectivity index (χ4v) is 3.96. The minimum Gasteiger partial charge on any atom is -0.397 e. The molecule has 1 aliphatic heterocycles. The summed E-state index contributed by atoms with van der Waals surface area (Å²) in [5, 5.41) is 5.29. The number of unbranched alkanes of at least 4 members (excludes halogenated alkanes) is 3. The third-order valence-corrected chi connectivity index (χ3v) is 5.65. The summed E-state index contributed by atoms with van der Waals surface area (Å²) in [7, 11) is 1.27. The molecule has 0 aliphatic carbocycles. The summed E-state index contributed by atoms with van der Waals surface area (Å²) in [6.45, 7) is 2.74. The van der Waals surface area contributed by atoms with Crippen LogP contribution in [0.25, 0.3) is 5.57 Å². The van der Waals surface area contributed by atoms with E-state index in [1.807, 2.05) is 12.2 Å². The van der Waals surface area contributed by atoms with Crippen LogP contribution in [0.5, 0.6) is 0 Å². The number of halogens is 3. The first-order chi connectivity index (χ1) is 12.8. The van der Waals surface area contributed by atoms with Crippen molar-refractivity contribution in [3.05, 3.63) is 51.5 Å². The lowest BCUT2D eigenvalue weighted by Gasteiger charge is -2.20. The van der Waals surface area contributed by atoms with Gasteiger partial charge in [0.25, 0.3) is 0 Å². The molecule has 7 heteroatoms. The van der Waals surface area contributed by atoms with E-state index < -0.39 is 12.2 Å². The Balaban J connectivity index is 2.08. The minimum atomic E-state index is -4.38. The molecule has 0 amide bonds. The molecule has 0 fully saturated rings. The Morgan fingerprint density at radius 3 is 2.78 bits per heavy atom. The first-order valence-corrected chi connectivity index (χ1v) is 10.1. The predicted octanol–water partition coefficient (Wildman–Crippen LogP) is 4.73. The second-order valence-electron chi connectivity index (χ2n) is 6.60. The Bertz CT molecular complexity index is 702. The van der Waals surface area contributed by atoms with Crippen LogP contribution in [0, 0.1) is 0 Å². The topological polar surface area (TPSA) is 50.1 Å². The number of hydrogen-bond acceptors (Lipinski definition) is 4. The van der Waals surface area contributed by atoms with Gasteiger partial charge in [0, 0.05) is 16.3 Å². The second kappa shape index (κ2) is 9.99. The fraction of sp³-hybridized carbons (Fsp3) is 0.500. The number of allylic oxidation sites excluding steroid dienone is 2. The van der Waals surface area contributed by atoms with Gasteiger partial charge >= 0.3 is 6.18 Å². The average molecular weight is 400 g/mol. The van der Waals surface area contributed by atoms with E-state index in [9.17, 15) is 13.2 Å². The molecular formula is C20H28F3N3S. The number of rotatable bonds is 9. The highest BCUT2D eigenvalue weighted by atomic mass is 32.1. The summed E-state index contributed by atoms with van der Waals surface area (Å²) in [6.07, 6.45) is 6.47. The highest BCUT2D eigenvalue weighted by Gasteiger charge is 2.37. The van der Waals surface area contributed by atoms with Gasteiger partial charge < -0.3 is 16.4 Å². The van der Waals surface area contributed by atoms with Crippen LogP contribution >= 0.6 is 11.3 Å². The predicted molar refractivity (Wildman–Crippen MR) is 107 cm³/mol. The van der Waals surface area contributed by atoms with E-state index in [2.05, 4.69) is 29.7 Å². The van der Waals surface area contributed by atoms with Crippen molar-refractivity contribution in [2.24, 2.45) is 5.73 Å². The van der Waals surface area contributed by atoms with Crippen LogP contribution < -0.4 is 16.4 Å². The van der Waals surface area contributed by atoms with Crippen molar-refractivity contribution in [1.82, 2.24) is 10.6 Å². The molecule has 0 saturated heterocycles. The number of aryl methyl sites for hydroxylation is 1. The monoisotopic (exact) mass is 399 g/mol. The summed E-state index contributed by atoms with van der Waals surface area (Å²) in [5.41, 5.74) is 7.54. The quantitative estimate of drug-likeness (QED) is 0.526. The first-order valence-electron chi connectivity index (χ1n) is 9.31. The van der Waals surface area contributed by atoms with Gasteiger partial charge in [-0.25, -0.2) is 0 Å². The number of alkyl halides is 3. The van der Waals surface area contributed by atoms with Gasteiger partial charge in [0.2, 0.25) is 0 Å². The summed E-state index contributed by atoms with van der Waals surface area (Å²) in [6, 6.07) is 2.45. The molecule has 0 radical (unpaired) electrons. The lowest BCUT2D eigenvalue weighted by molar-refractivity contribution is -0.143. The number of nitrogens with one attached hydrogen (secondary N) is 2. The number of dihydropyridines is 1. The number of nitrogens with two attached hydrogens (primary N) is 1. The average Bonchev–Trinajstić information content (AvgIpc) is 3.11. The normalized spacial score (nSPS) is 16.6. The smallest absolute Gasteiger partial charge is 0.397 e. The van der Waals surface area contributed by atoms with Gasteiger partial charge in [0.1, 0.15) is 6.04 Å². The number of thiophene rings is 1. The summed E-state index contributed by atoms with van der Waals surface area (Å²) in [4.78, 5) is 2.46. The van der Waals surface area contributed by atoms with Crippen molar-refractivity contribution < 1.29 is 13.2 Å². The van der Waals surface area contributed by atoms with Crippen molar-refractivity contribution in [2.45, 2.75) is 51.2 Å². The fourth-order valence-electron chi connectivity index (χ4n) is 2.90. The van der Waals surface area contributed by atoms with Crippen molar-refractivity contribution in [2.75, 3.05) is 13.6 Å². The molecule has 1 atom stereocenters. The van der Waals surface area contributed by atoms with Gasteiger partial charge in [-0.15, -0.1) is 11.3 Å². The zero-order valence-corrected chi connectivity index (χ0v) is 16.6.